The molecule has 4 heteroatoms. The summed E-state index contributed by atoms with van der Waals surface area (Å²) < 4.78 is 0.788. The van der Waals surface area contributed by atoms with Gasteiger partial charge < -0.3 is 5.21 Å². The zero-order valence-electron chi connectivity index (χ0n) is 12.8. The topological polar surface area (TPSA) is 44.0 Å². The van der Waals surface area contributed by atoms with Crippen molar-refractivity contribution in [1.29, 1.82) is 0 Å². The van der Waals surface area contributed by atoms with Gasteiger partial charge in [0.15, 0.2) is 12.0 Å². The highest BCUT2D eigenvalue weighted by Crippen LogP contribution is 2.23. The molecule has 1 heterocycles. The monoisotopic (exact) mass is 301 g/mol. The summed E-state index contributed by atoms with van der Waals surface area (Å²) in [5.41, 5.74) is 5.33. The lowest BCUT2D eigenvalue weighted by Crippen LogP contribution is -2.28. The number of nitrogens with zero attached hydrogens (tertiary/aromatic N) is 1. The van der Waals surface area contributed by atoms with Gasteiger partial charge in [-0.15, -0.1) is 0 Å². The minimum atomic E-state index is 0.0625. The molecular weight excluding hydrogens is 282 g/mol. The lowest BCUT2D eigenvalue weighted by Gasteiger charge is -2.13. The molecule has 3 nitrogen and oxygen atoms in total. The van der Waals surface area contributed by atoms with Crippen LogP contribution >= 0.6 is 11.8 Å². The van der Waals surface area contributed by atoms with E-state index in [4.69, 9.17) is 0 Å². The third-order valence-corrected chi connectivity index (χ3v) is 4.94. The number of pyridine rings is 1. The van der Waals surface area contributed by atoms with Gasteiger partial charge in [0.1, 0.15) is 0 Å². The number of Topliss-reactive ketones (excluding diaryl/α,β-unsaturated/α-hetero) is 1. The summed E-state index contributed by atoms with van der Waals surface area (Å²) in [5.74, 6) is 0.335. The number of benzene rings is 1. The normalized spacial score (nSPS) is 10.7. The number of carbonyl (C=O) groups is 1. The third-order valence-electron chi connectivity index (χ3n) is 3.92. The van der Waals surface area contributed by atoms with E-state index in [2.05, 4.69) is 6.92 Å². The molecule has 2 aromatic rings. The average Bonchev–Trinajstić information content (AvgIpc) is 2.47. The van der Waals surface area contributed by atoms with Gasteiger partial charge in [0, 0.05) is 17.7 Å². The van der Waals surface area contributed by atoms with Crippen LogP contribution in [0.15, 0.2) is 35.5 Å². The molecule has 0 N–H and O–H groups in total. The molecular formula is C17H19NO2S. The van der Waals surface area contributed by atoms with Gasteiger partial charge in [0.05, 0.1) is 5.75 Å². The van der Waals surface area contributed by atoms with Crippen molar-refractivity contribution >= 4 is 17.5 Å². The molecule has 1 aromatic heterocycles. The number of hydrogen-bond acceptors (Lipinski definition) is 3. The Hall–Kier alpha value is -1.81. The van der Waals surface area contributed by atoms with Crippen LogP contribution in [0.4, 0.5) is 0 Å². The minimum absolute atomic E-state index is 0.0625. The zero-order valence-corrected chi connectivity index (χ0v) is 13.6. The third kappa shape index (κ3) is 3.27. The van der Waals surface area contributed by atoms with E-state index in [9.17, 15) is 10.0 Å². The SMILES string of the molecule is Cc1cc(C(=O)CSc2cccc[n+]2[O-])c(C)c(C)c1C. The lowest BCUT2D eigenvalue weighted by atomic mass is 9.93. The first-order valence-electron chi connectivity index (χ1n) is 6.83. The minimum Gasteiger partial charge on any atom is -0.618 e. The van der Waals surface area contributed by atoms with Crippen molar-refractivity contribution in [3.63, 3.8) is 0 Å². The van der Waals surface area contributed by atoms with Crippen LogP contribution < -0.4 is 4.73 Å². The number of aryl methyl sites for hydroxylation is 1. The quantitative estimate of drug-likeness (QED) is 0.375. The Kier molecular flexibility index (Phi) is 4.68. The van der Waals surface area contributed by atoms with E-state index < -0.39 is 0 Å². The Morgan fingerprint density at radius 3 is 2.52 bits per heavy atom. The van der Waals surface area contributed by atoms with Gasteiger partial charge in [-0.1, -0.05) is 0 Å². The van der Waals surface area contributed by atoms with Crippen LogP contribution in [0.1, 0.15) is 32.6 Å². The van der Waals surface area contributed by atoms with Crippen LogP contribution in [-0.2, 0) is 0 Å². The van der Waals surface area contributed by atoms with E-state index in [-0.39, 0.29) is 11.5 Å². The van der Waals surface area contributed by atoms with Crippen molar-refractivity contribution in [3.05, 3.63) is 63.5 Å². The lowest BCUT2D eigenvalue weighted by molar-refractivity contribution is -0.645. The van der Waals surface area contributed by atoms with Crippen molar-refractivity contribution in [2.45, 2.75) is 32.7 Å². The van der Waals surface area contributed by atoms with E-state index in [1.165, 1.54) is 29.1 Å². The van der Waals surface area contributed by atoms with Gasteiger partial charge in [-0.3, -0.25) is 4.79 Å². The van der Waals surface area contributed by atoms with Crippen molar-refractivity contribution in [2.24, 2.45) is 0 Å². The Balaban J connectivity index is 2.20. The summed E-state index contributed by atoms with van der Waals surface area (Å²) in [6.45, 7) is 8.12. The standard InChI is InChI=1S/C17H19NO2S/c1-11-9-15(14(4)13(3)12(11)2)16(19)10-21-17-7-5-6-8-18(17)20/h5-9H,10H2,1-4H3. The van der Waals surface area contributed by atoms with Crippen molar-refractivity contribution < 1.29 is 9.52 Å². The van der Waals surface area contributed by atoms with Crippen LogP contribution in [0.2, 0.25) is 0 Å². The number of rotatable bonds is 4. The number of hydrogen-bond donors (Lipinski definition) is 0. The predicted molar refractivity (Wildman–Crippen MR) is 85.8 cm³/mol. The van der Waals surface area contributed by atoms with E-state index in [1.54, 1.807) is 18.2 Å². The Labute approximate surface area is 129 Å². The highest BCUT2D eigenvalue weighted by atomic mass is 32.2. The molecule has 1 aromatic carbocycles. The second kappa shape index (κ2) is 6.31. The second-order valence-electron chi connectivity index (χ2n) is 5.19. The predicted octanol–water partition coefficient (Wildman–Crippen LogP) is 3.53. The fourth-order valence-electron chi connectivity index (χ4n) is 2.24. The molecule has 0 aliphatic heterocycles. The van der Waals surface area contributed by atoms with E-state index in [0.717, 1.165) is 21.4 Å². The highest BCUT2D eigenvalue weighted by Gasteiger charge is 2.15. The maximum absolute atomic E-state index is 12.4. The molecule has 0 atom stereocenters. The molecule has 2 rings (SSSR count). The highest BCUT2D eigenvalue weighted by molar-refractivity contribution is 7.99. The van der Waals surface area contributed by atoms with E-state index in [0.29, 0.717) is 5.03 Å². The fourth-order valence-corrected chi connectivity index (χ4v) is 3.04. The molecule has 0 fully saturated rings. The molecule has 0 aliphatic carbocycles. The Morgan fingerprint density at radius 2 is 1.86 bits per heavy atom. The fraction of sp³-hybridized carbons (Fsp3) is 0.294. The first kappa shape index (κ1) is 15.6. The van der Waals surface area contributed by atoms with Gasteiger partial charge >= 0.3 is 0 Å². The second-order valence-corrected chi connectivity index (χ2v) is 6.19. The maximum atomic E-state index is 12.4. The van der Waals surface area contributed by atoms with Crippen LogP contribution in [-0.4, -0.2) is 11.5 Å². The molecule has 0 saturated heterocycles. The van der Waals surface area contributed by atoms with E-state index >= 15 is 0 Å². The van der Waals surface area contributed by atoms with Crippen LogP contribution in [0, 0.1) is 32.9 Å². The molecule has 0 unspecified atom stereocenters. The van der Waals surface area contributed by atoms with Gasteiger partial charge in [-0.25, -0.2) is 0 Å². The Bertz CT molecular complexity index is 695. The van der Waals surface area contributed by atoms with Crippen molar-refractivity contribution in [3.8, 4) is 0 Å². The van der Waals surface area contributed by atoms with Crippen LogP contribution in [0.25, 0.3) is 0 Å². The maximum Gasteiger partial charge on any atom is 0.251 e. The van der Waals surface area contributed by atoms with Crippen molar-refractivity contribution in [2.75, 3.05) is 5.75 Å². The number of carbonyl (C=O) groups excluding carboxylic acids is 1. The van der Waals surface area contributed by atoms with Gasteiger partial charge in [-0.05, 0) is 73.8 Å². The summed E-state index contributed by atoms with van der Waals surface area (Å²) >= 11 is 1.28. The first-order valence-corrected chi connectivity index (χ1v) is 7.82. The molecule has 0 amide bonds. The summed E-state index contributed by atoms with van der Waals surface area (Å²) in [5, 5.41) is 12.1. The molecule has 0 spiro atoms. The van der Waals surface area contributed by atoms with Gasteiger partial charge in [-0.2, -0.15) is 4.73 Å². The molecule has 0 aliphatic rings. The first-order chi connectivity index (χ1) is 9.91. The van der Waals surface area contributed by atoms with Gasteiger partial charge in [0.25, 0.3) is 5.03 Å². The molecule has 0 bridgehead atoms. The summed E-state index contributed by atoms with van der Waals surface area (Å²) in [7, 11) is 0. The van der Waals surface area contributed by atoms with Gasteiger partial charge in [0.2, 0.25) is 0 Å². The summed E-state index contributed by atoms with van der Waals surface area (Å²) in [4.78, 5) is 12.4. The zero-order chi connectivity index (χ0) is 15.6. The number of aromatic nitrogens is 1. The molecule has 0 saturated carbocycles. The van der Waals surface area contributed by atoms with Crippen molar-refractivity contribution in [1.82, 2.24) is 0 Å². The van der Waals surface area contributed by atoms with E-state index in [1.807, 2.05) is 26.8 Å². The number of thioether (sulfide) groups is 1. The summed E-state index contributed by atoms with van der Waals surface area (Å²) in [6.07, 6.45) is 1.44. The summed E-state index contributed by atoms with van der Waals surface area (Å²) in [6, 6.07) is 7.16. The molecule has 0 radical (unpaired) electrons. The largest absolute Gasteiger partial charge is 0.618 e. The van der Waals surface area contributed by atoms with Crippen LogP contribution in [0.5, 0.6) is 0 Å². The molecule has 110 valence electrons. The molecule has 21 heavy (non-hydrogen) atoms. The smallest absolute Gasteiger partial charge is 0.251 e. The van der Waals surface area contributed by atoms with Crippen LogP contribution in [0.3, 0.4) is 0 Å². The Morgan fingerprint density at radius 1 is 1.14 bits per heavy atom. The average molecular weight is 301 g/mol. The number of ketones is 1.